The summed E-state index contributed by atoms with van der Waals surface area (Å²) in [5, 5.41) is 15.9. The molecule has 3 aromatic heterocycles. The first-order valence-corrected chi connectivity index (χ1v) is 10.4. The maximum Gasteiger partial charge on any atom is 0.235 e. The third kappa shape index (κ3) is 3.29. The highest BCUT2D eigenvalue weighted by Crippen LogP contribution is 2.28. The largest absolute Gasteiger partial charge is 0.245 e. The predicted molar refractivity (Wildman–Crippen MR) is 110 cm³/mol. The van der Waals surface area contributed by atoms with Gasteiger partial charge < -0.3 is 0 Å². The van der Waals surface area contributed by atoms with E-state index in [9.17, 15) is 0 Å². The fraction of sp³-hybridized carbons (Fsp3) is 0.0526. The maximum absolute atomic E-state index is 5.94. The lowest BCUT2D eigenvalue weighted by molar-refractivity contribution is 0.886. The Bertz CT molecular complexity index is 1250. The van der Waals surface area contributed by atoms with Crippen LogP contribution in [-0.2, 0) is 5.75 Å². The Balaban J connectivity index is 1.44. The highest BCUT2D eigenvalue weighted by molar-refractivity contribution is 7.98. The highest BCUT2D eigenvalue weighted by atomic mass is 35.5. The molecule has 0 fully saturated rings. The number of halogens is 1. The number of rotatable bonds is 4. The minimum Gasteiger partial charge on any atom is -0.245 e. The molecule has 0 spiro atoms. The molecule has 0 aliphatic carbocycles. The van der Waals surface area contributed by atoms with E-state index in [-0.39, 0.29) is 0 Å². The summed E-state index contributed by atoms with van der Waals surface area (Å²) in [5.74, 6) is 1.49. The van der Waals surface area contributed by atoms with Gasteiger partial charge in [-0.2, -0.15) is 9.61 Å². The molecule has 5 nitrogen and oxygen atoms in total. The summed E-state index contributed by atoms with van der Waals surface area (Å²) < 4.78 is 1.81. The molecule has 0 amide bonds. The second-order valence-corrected chi connectivity index (χ2v) is 8.29. The van der Waals surface area contributed by atoms with Gasteiger partial charge in [-0.25, -0.2) is 4.98 Å². The van der Waals surface area contributed by atoms with E-state index in [2.05, 4.69) is 27.4 Å². The first-order chi connectivity index (χ1) is 13.3. The lowest BCUT2D eigenvalue weighted by Gasteiger charge is -2.00. The van der Waals surface area contributed by atoms with E-state index in [0.29, 0.717) is 5.75 Å². The molecule has 0 bridgehead atoms. The minimum atomic E-state index is 0.678. The van der Waals surface area contributed by atoms with Crippen molar-refractivity contribution in [2.24, 2.45) is 0 Å². The average Bonchev–Trinajstić information content (AvgIpc) is 3.28. The van der Waals surface area contributed by atoms with E-state index in [1.165, 1.54) is 11.3 Å². The zero-order chi connectivity index (χ0) is 18.2. The molecule has 27 heavy (non-hydrogen) atoms. The second kappa shape index (κ2) is 6.92. The number of nitrogens with zero attached hydrogens (tertiary/aromatic N) is 5. The van der Waals surface area contributed by atoms with E-state index >= 15 is 0 Å². The predicted octanol–water partition coefficient (Wildman–Crippen LogP) is 5.35. The van der Waals surface area contributed by atoms with Gasteiger partial charge in [0.2, 0.25) is 4.96 Å². The molecule has 0 atom stereocenters. The monoisotopic (exact) mass is 409 g/mol. The van der Waals surface area contributed by atoms with Gasteiger partial charge in [0.05, 0.1) is 11.3 Å². The van der Waals surface area contributed by atoms with Crippen molar-refractivity contribution in [3.63, 3.8) is 0 Å². The molecule has 0 aliphatic rings. The Morgan fingerprint density at radius 3 is 2.70 bits per heavy atom. The number of hydrogen-bond acceptors (Lipinski definition) is 6. The van der Waals surface area contributed by atoms with Crippen molar-refractivity contribution in [2.75, 3.05) is 0 Å². The van der Waals surface area contributed by atoms with Crippen LogP contribution in [0.15, 0.2) is 65.6 Å². The Morgan fingerprint density at radius 1 is 0.963 bits per heavy atom. The topological polar surface area (TPSA) is 56.0 Å². The number of para-hydroxylation sites is 1. The molecule has 0 saturated carbocycles. The number of pyridine rings is 1. The number of benzene rings is 2. The summed E-state index contributed by atoms with van der Waals surface area (Å²) in [6.45, 7) is 0. The van der Waals surface area contributed by atoms with Crippen LogP contribution in [0.4, 0.5) is 0 Å². The molecule has 0 radical (unpaired) electrons. The van der Waals surface area contributed by atoms with Crippen molar-refractivity contribution in [3.8, 4) is 10.7 Å². The van der Waals surface area contributed by atoms with Crippen molar-refractivity contribution in [1.82, 2.24) is 24.8 Å². The van der Waals surface area contributed by atoms with Gasteiger partial charge in [0.1, 0.15) is 5.69 Å². The molecular formula is C19H12ClN5S2. The molecule has 132 valence electrons. The summed E-state index contributed by atoms with van der Waals surface area (Å²) in [6.07, 6.45) is 0. The molecule has 8 heteroatoms. The molecule has 5 rings (SSSR count). The summed E-state index contributed by atoms with van der Waals surface area (Å²) in [7, 11) is 0. The summed E-state index contributed by atoms with van der Waals surface area (Å²) >= 11 is 9.10. The van der Waals surface area contributed by atoms with Gasteiger partial charge in [0.25, 0.3) is 0 Å². The van der Waals surface area contributed by atoms with Crippen LogP contribution in [0.3, 0.4) is 0 Å². The smallest absolute Gasteiger partial charge is 0.235 e. The first-order valence-electron chi connectivity index (χ1n) is 8.22. The molecule has 0 unspecified atom stereocenters. The highest BCUT2D eigenvalue weighted by Gasteiger charge is 2.14. The van der Waals surface area contributed by atoms with Crippen molar-refractivity contribution < 1.29 is 0 Å². The number of aromatic nitrogens is 5. The quantitative estimate of drug-likeness (QED) is 0.374. The Labute approximate surface area is 168 Å². The second-order valence-electron chi connectivity index (χ2n) is 5.85. The van der Waals surface area contributed by atoms with Crippen molar-refractivity contribution in [2.45, 2.75) is 10.6 Å². The van der Waals surface area contributed by atoms with Crippen molar-refractivity contribution >= 4 is 50.6 Å². The molecule has 2 aromatic carbocycles. The standard InChI is InChI=1S/C19H12ClN5S2/c20-13-6-8-14(9-7-13)26-11-17-22-23-19-25(17)24-18(27-19)16-10-5-12-3-1-2-4-15(12)21-16/h1-10H,11H2. The van der Waals surface area contributed by atoms with Gasteiger partial charge in [-0.05, 0) is 36.4 Å². The third-order valence-electron chi connectivity index (χ3n) is 4.05. The summed E-state index contributed by atoms with van der Waals surface area (Å²) in [4.78, 5) is 6.62. The van der Waals surface area contributed by atoms with Crippen LogP contribution >= 0.6 is 34.7 Å². The average molecular weight is 410 g/mol. The summed E-state index contributed by atoms with van der Waals surface area (Å²) in [5.41, 5.74) is 1.81. The number of hydrogen-bond donors (Lipinski definition) is 0. The molecule has 5 aromatic rings. The van der Waals surface area contributed by atoms with E-state index in [1.807, 2.05) is 48.5 Å². The van der Waals surface area contributed by atoms with E-state index in [4.69, 9.17) is 16.6 Å². The van der Waals surface area contributed by atoms with Crippen LogP contribution < -0.4 is 0 Å². The van der Waals surface area contributed by atoms with Crippen molar-refractivity contribution in [1.29, 1.82) is 0 Å². The Morgan fingerprint density at radius 2 is 1.81 bits per heavy atom. The van der Waals surface area contributed by atoms with Crippen LogP contribution in [0.1, 0.15) is 5.82 Å². The third-order valence-corrected chi connectivity index (χ3v) is 6.24. The van der Waals surface area contributed by atoms with Crippen LogP contribution in [-0.4, -0.2) is 24.8 Å². The van der Waals surface area contributed by atoms with Crippen LogP contribution in [0.5, 0.6) is 0 Å². The molecule has 0 N–H and O–H groups in total. The van der Waals surface area contributed by atoms with Crippen LogP contribution in [0, 0.1) is 0 Å². The Kier molecular flexibility index (Phi) is 4.27. The zero-order valence-corrected chi connectivity index (χ0v) is 16.3. The van der Waals surface area contributed by atoms with E-state index in [0.717, 1.165) is 42.3 Å². The van der Waals surface area contributed by atoms with E-state index < -0.39 is 0 Å². The molecule has 3 heterocycles. The summed E-state index contributed by atoms with van der Waals surface area (Å²) in [6, 6.07) is 19.9. The molecule has 0 aliphatic heterocycles. The Hall–Kier alpha value is -2.48. The minimum absolute atomic E-state index is 0.678. The van der Waals surface area contributed by atoms with Gasteiger partial charge in [0, 0.05) is 15.3 Å². The van der Waals surface area contributed by atoms with Gasteiger partial charge in [-0.1, -0.05) is 47.2 Å². The first kappa shape index (κ1) is 16.7. The SMILES string of the molecule is Clc1ccc(SCc2nnc3sc(-c4ccc5ccccc5n4)nn23)cc1. The van der Waals surface area contributed by atoms with Crippen LogP contribution in [0.2, 0.25) is 5.02 Å². The van der Waals surface area contributed by atoms with Gasteiger partial charge in [0.15, 0.2) is 10.8 Å². The number of thioether (sulfide) groups is 1. The van der Waals surface area contributed by atoms with Gasteiger partial charge >= 0.3 is 0 Å². The number of fused-ring (bicyclic) bond motifs is 2. The lowest BCUT2D eigenvalue weighted by Crippen LogP contribution is -1.94. The molecule has 0 saturated heterocycles. The maximum atomic E-state index is 5.94. The lowest BCUT2D eigenvalue weighted by atomic mass is 10.2. The van der Waals surface area contributed by atoms with Crippen LogP contribution in [0.25, 0.3) is 26.6 Å². The fourth-order valence-corrected chi connectivity index (χ4v) is 4.47. The van der Waals surface area contributed by atoms with E-state index in [1.54, 1.807) is 16.3 Å². The van der Waals surface area contributed by atoms with Gasteiger partial charge in [-0.15, -0.1) is 22.0 Å². The van der Waals surface area contributed by atoms with Crippen molar-refractivity contribution in [3.05, 3.63) is 71.5 Å². The normalized spacial score (nSPS) is 11.4. The fourth-order valence-electron chi connectivity index (χ4n) is 2.71. The van der Waals surface area contributed by atoms with Gasteiger partial charge in [-0.3, -0.25) is 0 Å². The molecular weight excluding hydrogens is 398 g/mol. The zero-order valence-electron chi connectivity index (χ0n) is 13.9.